The van der Waals surface area contributed by atoms with Crippen LogP contribution in [0.15, 0.2) is 42.5 Å². The Kier molecular flexibility index (Phi) is 7.18. The standard InChI is InChI=1S/C21H25FN4O4/c1-30-20-15-18(26(28)29)7-8-19(20)23-21(27)9-12-24-10-2-11-25(14-13-24)17-5-3-16(22)4-6-17/h3-8,15H,2,9-14H2,1H3,(H,23,27). The molecule has 0 aliphatic carbocycles. The number of rotatable bonds is 7. The zero-order chi connectivity index (χ0) is 21.5. The first kappa shape index (κ1) is 21.5. The maximum atomic E-state index is 13.1. The summed E-state index contributed by atoms with van der Waals surface area (Å²) in [5.41, 5.74) is 1.31. The van der Waals surface area contributed by atoms with E-state index in [9.17, 15) is 19.3 Å². The van der Waals surface area contributed by atoms with E-state index in [0.29, 0.717) is 18.7 Å². The van der Waals surface area contributed by atoms with Gasteiger partial charge in [0.25, 0.3) is 5.69 Å². The molecule has 2 aromatic rings. The van der Waals surface area contributed by atoms with Crippen molar-refractivity contribution in [3.05, 3.63) is 58.4 Å². The third kappa shape index (κ3) is 5.66. The number of carbonyl (C=O) groups excluding carboxylic acids is 1. The molecule has 3 rings (SSSR count). The van der Waals surface area contributed by atoms with E-state index in [1.807, 2.05) is 0 Å². The number of ether oxygens (including phenoxy) is 1. The summed E-state index contributed by atoms with van der Waals surface area (Å²) >= 11 is 0. The summed E-state index contributed by atoms with van der Waals surface area (Å²) < 4.78 is 18.3. The van der Waals surface area contributed by atoms with E-state index in [1.54, 1.807) is 12.1 Å². The summed E-state index contributed by atoms with van der Waals surface area (Å²) in [4.78, 5) is 27.2. The van der Waals surface area contributed by atoms with Crippen LogP contribution >= 0.6 is 0 Å². The van der Waals surface area contributed by atoms with Crippen molar-refractivity contribution in [2.24, 2.45) is 0 Å². The minimum absolute atomic E-state index is 0.0971. The fourth-order valence-corrected chi connectivity index (χ4v) is 3.47. The average Bonchev–Trinajstić information content (AvgIpc) is 2.98. The van der Waals surface area contributed by atoms with Crippen molar-refractivity contribution >= 4 is 23.0 Å². The predicted molar refractivity (Wildman–Crippen MR) is 113 cm³/mol. The highest BCUT2D eigenvalue weighted by Crippen LogP contribution is 2.29. The second-order valence-corrected chi connectivity index (χ2v) is 7.10. The molecule has 1 heterocycles. The third-order valence-corrected chi connectivity index (χ3v) is 5.11. The Balaban J connectivity index is 1.50. The molecule has 1 fully saturated rings. The smallest absolute Gasteiger partial charge is 0.273 e. The lowest BCUT2D eigenvalue weighted by Crippen LogP contribution is -2.32. The molecule has 2 aromatic carbocycles. The number of hydrogen-bond acceptors (Lipinski definition) is 6. The van der Waals surface area contributed by atoms with Crippen LogP contribution in [0.1, 0.15) is 12.8 Å². The van der Waals surface area contributed by atoms with Crippen molar-refractivity contribution in [3.8, 4) is 5.75 Å². The molecule has 30 heavy (non-hydrogen) atoms. The second-order valence-electron chi connectivity index (χ2n) is 7.10. The molecule has 0 spiro atoms. The average molecular weight is 416 g/mol. The Morgan fingerprint density at radius 3 is 2.63 bits per heavy atom. The molecule has 8 nitrogen and oxygen atoms in total. The molecular weight excluding hydrogens is 391 g/mol. The number of nitro groups is 1. The van der Waals surface area contributed by atoms with Crippen molar-refractivity contribution in [1.82, 2.24) is 4.90 Å². The van der Waals surface area contributed by atoms with Gasteiger partial charge >= 0.3 is 0 Å². The second kappa shape index (κ2) is 10.0. The summed E-state index contributed by atoms with van der Waals surface area (Å²) in [6, 6.07) is 10.6. The number of carbonyl (C=O) groups is 1. The number of hydrogen-bond donors (Lipinski definition) is 1. The Morgan fingerprint density at radius 2 is 1.93 bits per heavy atom. The lowest BCUT2D eigenvalue weighted by atomic mass is 10.2. The maximum absolute atomic E-state index is 13.1. The van der Waals surface area contributed by atoms with Gasteiger partial charge in [-0.2, -0.15) is 0 Å². The molecule has 0 radical (unpaired) electrons. The van der Waals surface area contributed by atoms with E-state index in [-0.39, 0.29) is 23.2 Å². The monoisotopic (exact) mass is 416 g/mol. The zero-order valence-electron chi connectivity index (χ0n) is 16.8. The van der Waals surface area contributed by atoms with E-state index in [4.69, 9.17) is 4.74 Å². The van der Waals surface area contributed by atoms with E-state index in [1.165, 1.54) is 37.4 Å². The summed E-state index contributed by atoms with van der Waals surface area (Å²) in [5.74, 6) is -0.171. The van der Waals surface area contributed by atoms with Crippen molar-refractivity contribution in [2.45, 2.75) is 12.8 Å². The first-order valence-corrected chi connectivity index (χ1v) is 9.81. The van der Waals surface area contributed by atoms with Crippen molar-refractivity contribution in [1.29, 1.82) is 0 Å². The summed E-state index contributed by atoms with van der Waals surface area (Å²) in [6.45, 7) is 3.99. The first-order valence-electron chi connectivity index (χ1n) is 9.81. The molecule has 1 N–H and O–H groups in total. The van der Waals surface area contributed by atoms with Gasteiger partial charge in [0.2, 0.25) is 5.91 Å². The third-order valence-electron chi connectivity index (χ3n) is 5.11. The summed E-state index contributed by atoms with van der Waals surface area (Å²) in [6.07, 6.45) is 1.26. The van der Waals surface area contributed by atoms with Crippen LogP contribution in [-0.4, -0.2) is 55.6 Å². The normalized spacial score (nSPS) is 14.8. The van der Waals surface area contributed by atoms with E-state index >= 15 is 0 Å². The highest BCUT2D eigenvalue weighted by atomic mass is 19.1. The van der Waals surface area contributed by atoms with Gasteiger partial charge in [-0.15, -0.1) is 0 Å². The Bertz CT molecular complexity index is 891. The number of benzene rings is 2. The van der Waals surface area contributed by atoms with Gasteiger partial charge in [0.1, 0.15) is 11.6 Å². The van der Waals surface area contributed by atoms with Gasteiger partial charge in [-0.1, -0.05) is 0 Å². The highest BCUT2D eigenvalue weighted by Gasteiger charge is 2.17. The molecule has 0 bridgehead atoms. The van der Waals surface area contributed by atoms with Crippen molar-refractivity contribution in [2.75, 3.05) is 50.1 Å². The van der Waals surface area contributed by atoms with Crippen LogP contribution in [0.4, 0.5) is 21.5 Å². The largest absolute Gasteiger partial charge is 0.494 e. The lowest BCUT2D eigenvalue weighted by molar-refractivity contribution is -0.384. The van der Waals surface area contributed by atoms with Crippen molar-refractivity contribution in [3.63, 3.8) is 0 Å². The number of nitrogens with one attached hydrogen (secondary N) is 1. The molecule has 1 aliphatic rings. The quantitative estimate of drug-likeness (QED) is 0.551. The number of anilines is 2. The van der Waals surface area contributed by atoms with Gasteiger partial charge in [-0.25, -0.2) is 4.39 Å². The number of nitro benzene ring substituents is 1. The first-order chi connectivity index (χ1) is 14.5. The predicted octanol–water partition coefficient (Wildman–Crippen LogP) is 3.28. The van der Waals surface area contributed by atoms with E-state index < -0.39 is 4.92 Å². The van der Waals surface area contributed by atoms with Crippen LogP contribution in [0, 0.1) is 15.9 Å². The minimum Gasteiger partial charge on any atom is -0.494 e. The van der Waals surface area contributed by atoms with Gasteiger partial charge in [0.05, 0.1) is 23.8 Å². The molecule has 1 amide bonds. The van der Waals surface area contributed by atoms with Crippen LogP contribution < -0.4 is 15.0 Å². The van der Waals surface area contributed by atoms with Crippen molar-refractivity contribution < 1.29 is 18.8 Å². The number of amides is 1. The van der Waals surface area contributed by atoms with Crippen LogP contribution in [-0.2, 0) is 4.79 Å². The molecule has 0 saturated carbocycles. The highest BCUT2D eigenvalue weighted by molar-refractivity contribution is 5.92. The Morgan fingerprint density at radius 1 is 1.17 bits per heavy atom. The molecule has 0 unspecified atom stereocenters. The fourth-order valence-electron chi connectivity index (χ4n) is 3.47. The van der Waals surface area contributed by atoms with E-state index in [0.717, 1.165) is 38.3 Å². The molecule has 0 aromatic heterocycles. The van der Waals surface area contributed by atoms with Crippen LogP contribution in [0.2, 0.25) is 0 Å². The van der Waals surface area contributed by atoms with Gasteiger partial charge < -0.3 is 19.9 Å². The maximum Gasteiger partial charge on any atom is 0.273 e. The molecule has 9 heteroatoms. The molecule has 160 valence electrons. The summed E-state index contributed by atoms with van der Waals surface area (Å²) in [5, 5.41) is 13.6. The van der Waals surface area contributed by atoms with Crippen LogP contribution in [0.25, 0.3) is 0 Å². The molecule has 0 atom stereocenters. The number of halogens is 1. The minimum atomic E-state index is -0.511. The zero-order valence-corrected chi connectivity index (χ0v) is 16.8. The number of non-ortho nitro benzene ring substituents is 1. The molecule has 1 aliphatic heterocycles. The summed E-state index contributed by atoms with van der Waals surface area (Å²) in [7, 11) is 1.40. The van der Waals surface area contributed by atoms with E-state index in [2.05, 4.69) is 15.1 Å². The van der Waals surface area contributed by atoms with Crippen LogP contribution in [0.5, 0.6) is 5.75 Å². The Hall–Kier alpha value is -3.20. The number of methoxy groups -OCH3 is 1. The number of nitrogens with zero attached hydrogens (tertiary/aromatic N) is 3. The van der Waals surface area contributed by atoms with Crippen LogP contribution in [0.3, 0.4) is 0 Å². The Labute approximate surface area is 174 Å². The molecular formula is C21H25FN4O4. The van der Waals surface area contributed by atoms with Gasteiger partial charge in [0.15, 0.2) is 0 Å². The fraction of sp³-hybridized carbons (Fsp3) is 0.381. The molecule has 1 saturated heterocycles. The lowest BCUT2D eigenvalue weighted by Gasteiger charge is -2.23. The topological polar surface area (TPSA) is 87.9 Å². The van der Waals surface area contributed by atoms with Gasteiger partial charge in [-0.3, -0.25) is 14.9 Å². The van der Waals surface area contributed by atoms with Gasteiger partial charge in [-0.05, 0) is 43.3 Å². The SMILES string of the molecule is COc1cc([N+](=O)[O-])ccc1NC(=O)CCN1CCCN(c2ccc(F)cc2)CC1. The van der Waals surface area contributed by atoms with Gasteiger partial charge in [0, 0.05) is 44.4 Å².